The summed E-state index contributed by atoms with van der Waals surface area (Å²) in [6, 6.07) is 0.139. The Kier molecular flexibility index (Phi) is 5.20. The number of likely N-dealkylation sites (tertiary alicyclic amines) is 1. The molecule has 2 rings (SSSR count). The molecular weight excluding hydrogens is 272 g/mol. The van der Waals surface area contributed by atoms with Crippen LogP contribution in [-0.2, 0) is 14.4 Å². The highest BCUT2D eigenvalue weighted by molar-refractivity contribution is 5.85. The van der Waals surface area contributed by atoms with E-state index in [2.05, 4.69) is 5.32 Å². The number of nitrogens with one attached hydrogen (secondary N) is 1. The van der Waals surface area contributed by atoms with Crippen LogP contribution in [0.3, 0.4) is 0 Å². The molecule has 0 radical (unpaired) electrons. The number of carbonyl (C=O) groups is 3. The molecule has 1 aliphatic carbocycles. The first kappa shape index (κ1) is 15.8. The predicted molar refractivity (Wildman–Crippen MR) is 76.5 cm³/mol. The Morgan fingerprint density at radius 2 is 1.71 bits per heavy atom. The number of carboxylic acid groups (broad SMARTS) is 1. The summed E-state index contributed by atoms with van der Waals surface area (Å²) < 4.78 is 0. The minimum absolute atomic E-state index is 0.0137. The van der Waals surface area contributed by atoms with Gasteiger partial charge in [0.05, 0.1) is 11.8 Å². The zero-order valence-electron chi connectivity index (χ0n) is 12.5. The molecule has 21 heavy (non-hydrogen) atoms. The maximum absolute atomic E-state index is 12.5. The molecule has 0 unspecified atom stereocenters. The number of amides is 2. The fourth-order valence-electron chi connectivity index (χ4n) is 3.36. The maximum atomic E-state index is 12.5. The molecule has 6 nitrogen and oxygen atoms in total. The van der Waals surface area contributed by atoms with Crippen molar-refractivity contribution in [2.45, 2.75) is 51.5 Å². The average molecular weight is 296 g/mol. The largest absolute Gasteiger partial charge is 0.481 e. The lowest BCUT2D eigenvalue weighted by Gasteiger charge is -2.34. The van der Waals surface area contributed by atoms with Gasteiger partial charge in [-0.15, -0.1) is 0 Å². The molecule has 1 saturated carbocycles. The van der Waals surface area contributed by atoms with Gasteiger partial charge in [-0.1, -0.05) is 13.3 Å². The molecule has 0 aromatic carbocycles. The maximum Gasteiger partial charge on any atom is 0.307 e. The number of rotatable bonds is 4. The summed E-state index contributed by atoms with van der Waals surface area (Å²) in [5.74, 6) is -1.70. The second-order valence-electron chi connectivity index (χ2n) is 6.00. The second kappa shape index (κ2) is 6.91. The number of hydrogen-bond acceptors (Lipinski definition) is 3. The van der Waals surface area contributed by atoms with Gasteiger partial charge in [-0.2, -0.15) is 0 Å². The number of hydrogen-bond donors (Lipinski definition) is 2. The van der Waals surface area contributed by atoms with Crippen molar-refractivity contribution >= 4 is 17.8 Å². The SMILES string of the molecule is CCC(=O)NC1CCN(C(=O)[C@@H]2CCC[C@@H]2C(=O)O)CC1. The van der Waals surface area contributed by atoms with Gasteiger partial charge >= 0.3 is 5.97 Å². The lowest BCUT2D eigenvalue weighted by atomic mass is 9.93. The van der Waals surface area contributed by atoms with Crippen LogP contribution in [0.15, 0.2) is 0 Å². The average Bonchev–Trinajstić information content (AvgIpc) is 2.96. The summed E-state index contributed by atoms with van der Waals surface area (Å²) in [4.78, 5) is 36.8. The minimum Gasteiger partial charge on any atom is -0.481 e. The first-order chi connectivity index (χ1) is 10.0. The predicted octanol–water partition coefficient (Wildman–Crippen LogP) is 1.00. The normalized spacial score (nSPS) is 26.6. The van der Waals surface area contributed by atoms with Crippen LogP contribution in [0.25, 0.3) is 0 Å². The van der Waals surface area contributed by atoms with E-state index in [1.165, 1.54) is 0 Å². The van der Waals surface area contributed by atoms with Crippen molar-refractivity contribution in [3.05, 3.63) is 0 Å². The van der Waals surface area contributed by atoms with Gasteiger partial charge in [0.1, 0.15) is 0 Å². The summed E-state index contributed by atoms with van der Waals surface area (Å²) in [7, 11) is 0. The quantitative estimate of drug-likeness (QED) is 0.810. The molecule has 1 heterocycles. The van der Waals surface area contributed by atoms with E-state index < -0.39 is 11.9 Å². The van der Waals surface area contributed by atoms with E-state index in [0.717, 1.165) is 19.3 Å². The molecule has 2 amide bonds. The standard InChI is InChI=1S/C15H24N2O4/c1-2-13(18)16-10-6-8-17(9-7-10)14(19)11-4-3-5-12(11)15(20)21/h10-12H,2-9H2,1H3,(H,16,18)(H,20,21)/t11-,12+/m1/s1. The Morgan fingerprint density at radius 3 is 2.29 bits per heavy atom. The Balaban J connectivity index is 1.85. The van der Waals surface area contributed by atoms with Crippen molar-refractivity contribution in [3.8, 4) is 0 Å². The number of carbonyl (C=O) groups excluding carboxylic acids is 2. The van der Waals surface area contributed by atoms with Gasteiger partial charge < -0.3 is 15.3 Å². The van der Waals surface area contributed by atoms with E-state index in [0.29, 0.717) is 32.4 Å². The Labute approximate surface area is 124 Å². The van der Waals surface area contributed by atoms with Crippen molar-refractivity contribution in [3.63, 3.8) is 0 Å². The van der Waals surface area contributed by atoms with Crippen LogP contribution in [0, 0.1) is 11.8 Å². The highest BCUT2D eigenvalue weighted by Gasteiger charge is 2.40. The minimum atomic E-state index is -0.851. The molecular formula is C15H24N2O4. The highest BCUT2D eigenvalue weighted by atomic mass is 16.4. The van der Waals surface area contributed by atoms with E-state index in [4.69, 9.17) is 0 Å². The molecule has 6 heteroatoms. The zero-order chi connectivity index (χ0) is 15.4. The van der Waals surface area contributed by atoms with E-state index in [1.54, 1.807) is 4.90 Å². The van der Waals surface area contributed by atoms with Gasteiger partial charge in [-0.25, -0.2) is 0 Å². The van der Waals surface area contributed by atoms with Crippen LogP contribution in [0.4, 0.5) is 0 Å². The molecule has 0 bridgehead atoms. The summed E-state index contributed by atoms with van der Waals surface area (Å²) in [6.45, 7) is 3.03. The number of piperidine rings is 1. The third-order valence-electron chi connectivity index (χ3n) is 4.64. The van der Waals surface area contributed by atoms with Crippen LogP contribution >= 0.6 is 0 Å². The molecule has 0 spiro atoms. The number of nitrogens with zero attached hydrogens (tertiary/aromatic N) is 1. The van der Waals surface area contributed by atoms with Crippen molar-refractivity contribution < 1.29 is 19.5 Å². The van der Waals surface area contributed by atoms with Crippen LogP contribution in [0.5, 0.6) is 0 Å². The van der Waals surface area contributed by atoms with Gasteiger partial charge in [0.25, 0.3) is 0 Å². The van der Waals surface area contributed by atoms with Crippen molar-refractivity contribution in [2.75, 3.05) is 13.1 Å². The topological polar surface area (TPSA) is 86.7 Å². The Bertz CT molecular complexity index is 416. The Hall–Kier alpha value is -1.59. The van der Waals surface area contributed by atoms with Crippen LogP contribution in [0.2, 0.25) is 0 Å². The van der Waals surface area contributed by atoms with Crippen LogP contribution < -0.4 is 5.32 Å². The van der Waals surface area contributed by atoms with E-state index >= 15 is 0 Å². The van der Waals surface area contributed by atoms with Crippen LogP contribution in [0.1, 0.15) is 45.4 Å². The van der Waals surface area contributed by atoms with Gasteiger partial charge in [0.2, 0.25) is 11.8 Å². The number of carboxylic acids is 1. The van der Waals surface area contributed by atoms with Gasteiger partial charge in [0, 0.05) is 25.6 Å². The molecule has 2 aliphatic rings. The lowest BCUT2D eigenvalue weighted by Crippen LogP contribution is -2.48. The van der Waals surface area contributed by atoms with Crippen molar-refractivity contribution in [1.29, 1.82) is 0 Å². The number of aliphatic carboxylic acids is 1. The third kappa shape index (κ3) is 3.74. The second-order valence-corrected chi connectivity index (χ2v) is 6.00. The fourth-order valence-corrected chi connectivity index (χ4v) is 3.36. The van der Waals surface area contributed by atoms with Gasteiger partial charge in [-0.05, 0) is 25.7 Å². The fraction of sp³-hybridized carbons (Fsp3) is 0.800. The first-order valence-electron chi connectivity index (χ1n) is 7.84. The Morgan fingerprint density at radius 1 is 1.10 bits per heavy atom. The summed E-state index contributed by atoms with van der Waals surface area (Å²) >= 11 is 0. The van der Waals surface area contributed by atoms with Gasteiger partial charge in [-0.3, -0.25) is 14.4 Å². The molecule has 2 fully saturated rings. The van der Waals surface area contributed by atoms with Crippen LogP contribution in [-0.4, -0.2) is 46.9 Å². The van der Waals surface area contributed by atoms with E-state index in [9.17, 15) is 19.5 Å². The highest BCUT2D eigenvalue weighted by Crippen LogP contribution is 2.34. The molecule has 1 aliphatic heterocycles. The summed E-state index contributed by atoms with van der Waals surface area (Å²) in [5, 5.41) is 12.1. The smallest absolute Gasteiger partial charge is 0.307 e. The third-order valence-corrected chi connectivity index (χ3v) is 4.64. The van der Waals surface area contributed by atoms with E-state index in [1.807, 2.05) is 6.92 Å². The molecule has 1 saturated heterocycles. The van der Waals surface area contributed by atoms with E-state index in [-0.39, 0.29) is 23.8 Å². The zero-order valence-corrected chi connectivity index (χ0v) is 12.5. The summed E-state index contributed by atoms with van der Waals surface area (Å²) in [5.41, 5.74) is 0. The van der Waals surface area contributed by atoms with Crippen molar-refractivity contribution in [1.82, 2.24) is 10.2 Å². The monoisotopic (exact) mass is 296 g/mol. The molecule has 2 N–H and O–H groups in total. The van der Waals surface area contributed by atoms with Gasteiger partial charge in [0.15, 0.2) is 0 Å². The summed E-state index contributed by atoms with van der Waals surface area (Å²) in [6.07, 6.45) is 4.08. The first-order valence-corrected chi connectivity index (χ1v) is 7.84. The lowest BCUT2D eigenvalue weighted by molar-refractivity contribution is -0.149. The molecule has 0 aromatic rings. The van der Waals surface area contributed by atoms with Crippen molar-refractivity contribution in [2.24, 2.45) is 11.8 Å². The molecule has 118 valence electrons. The molecule has 2 atom stereocenters. The molecule has 0 aromatic heterocycles.